The van der Waals surface area contributed by atoms with Gasteiger partial charge in [-0.05, 0) is 55.4 Å². The fourth-order valence-corrected chi connectivity index (χ4v) is 3.46. The van der Waals surface area contributed by atoms with Crippen molar-refractivity contribution in [1.82, 2.24) is 9.88 Å². The lowest BCUT2D eigenvalue weighted by atomic mass is 9.98. The number of aryl methyl sites for hydroxylation is 1. The number of amides is 2. The van der Waals surface area contributed by atoms with Crippen LogP contribution in [0.15, 0.2) is 36.4 Å². The molecule has 0 atom stereocenters. The van der Waals surface area contributed by atoms with Crippen molar-refractivity contribution >= 4 is 17.5 Å². The Kier molecular flexibility index (Phi) is 5.89. The molecule has 0 bridgehead atoms. The van der Waals surface area contributed by atoms with Crippen LogP contribution in [0.4, 0.5) is 5.69 Å². The Labute approximate surface area is 160 Å². The standard InChI is InChI=1S/C22H27N3O2/c1-15(2)17-10-7-9-16(3)20(17)24-21(26)18-11-8-12-19(23-18)22(27)25-13-5-4-6-14-25/h7-12,15H,4-6,13-14H2,1-3H3,(H,24,26). The van der Waals surface area contributed by atoms with Crippen LogP contribution >= 0.6 is 0 Å². The third-order valence-electron chi connectivity index (χ3n) is 5.01. The lowest BCUT2D eigenvalue weighted by Gasteiger charge is -2.26. The van der Waals surface area contributed by atoms with Gasteiger partial charge >= 0.3 is 0 Å². The van der Waals surface area contributed by atoms with Crippen LogP contribution in [0.2, 0.25) is 0 Å². The topological polar surface area (TPSA) is 62.3 Å². The van der Waals surface area contributed by atoms with Crippen molar-refractivity contribution in [1.29, 1.82) is 0 Å². The number of nitrogens with one attached hydrogen (secondary N) is 1. The Morgan fingerprint density at radius 2 is 1.67 bits per heavy atom. The molecule has 1 saturated heterocycles. The zero-order valence-corrected chi connectivity index (χ0v) is 16.3. The number of likely N-dealkylation sites (tertiary alicyclic amines) is 1. The monoisotopic (exact) mass is 365 g/mol. The molecular formula is C22H27N3O2. The smallest absolute Gasteiger partial charge is 0.274 e. The quantitative estimate of drug-likeness (QED) is 0.874. The molecule has 1 aromatic heterocycles. The third-order valence-corrected chi connectivity index (χ3v) is 5.01. The lowest BCUT2D eigenvalue weighted by molar-refractivity contribution is 0.0718. The summed E-state index contributed by atoms with van der Waals surface area (Å²) in [6.45, 7) is 7.70. The van der Waals surface area contributed by atoms with Crippen molar-refractivity contribution in [2.24, 2.45) is 0 Å². The molecule has 0 spiro atoms. The number of para-hydroxylation sites is 1. The highest BCUT2D eigenvalue weighted by Crippen LogP contribution is 2.27. The predicted molar refractivity (Wildman–Crippen MR) is 107 cm³/mol. The minimum Gasteiger partial charge on any atom is -0.337 e. The number of carbonyl (C=O) groups excluding carboxylic acids is 2. The van der Waals surface area contributed by atoms with E-state index < -0.39 is 0 Å². The zero-order valence-electron chi connectivity index (χ0n) is 16.3. The summed E-state index contributed by atoms with van der Waals surface area (Å²) >= 11 is 0. The van der Waals surface area contributed by atoms with E-state index in [1.807, 2.05) is 30.0 Å². The van der Waals surface area contributed by atoms with E-state index >= 15 is 0 Å². The van der Waals surface area contributed by atoms with Crippen molar-refractivity contribution < 1.29 is 9.59 Å². The van der Waals surface area contributed by atoms with Crippen LogP contribution in [0.25, 0.3) is 0 Å². The van der Waals surface area contributed by atoms with Crippen LogP contribution in [-0.2, 0) is 0 Å². The summed E-state index contributed by atoms with van der Waals surface area (Å²) in [7, 11) is 0. The highest BCUT2D eigenvalue weighted by molar-refractivity contribution is 6.04. The molecule has 2 heterocycles. The van der Waals surface area contributed by atoms with Crippen LogP contribution in [-0.4, -0.2) is 34.8 Å². The largest absolute Gasteiger partial charge is 0.337 e. The molecule has 0 unspecified atom stereocenters. The van der Waals surface area contributed by atoms with Gasteiger partial charge in [-0.25, -0.2) is 4.98 Å². The van der Waals surface area contributed by atoms with E-state index in [0.717, 1.165) is 49.2 Å². The first kappa shape index (κ1) is 19.1. The van der Waals surface area contributed by atoms with Crippen molar-refractivity contribution in [3.63, 3.8) is 0 Å². The van der Waals surface area contributed by atoms with Crippen molar-refractivity contribution in [3.05, 3.63) is 58.9 Å². The minimum atomic E-state index is -0.292. The second-order valence-corrected chi connectivity index (χ2v) is 7.41. The van der Waals surface area contributed by atoms with Crippen LogP contribution in [0.1, 0.15) is 71.1 Å². The van der Waals surface area contributed by atoms with Gasteiger partial charge in [-0.15, -0.1) is 0 Å². The molecule has 142 valence electrons. The number of benzene rings is 1. The van der Waals surface area contributed by atoms with Crippen molar-refractivity contribution in [2.45, 2.75) is 46.0 Å². The van der Waals surface area contributed by atoms with E-state index in [1.54, 1.807) is 18.2 Å². The number of rotatable bonds is 4. The fraction of sp³-hybridized carbons (Fsp3) is 0.409. The van der Waals surface area contributed by atoms with E-state index in [9.17, 15) is 9.59 Å². The minimum absolute atomic E-state index is 0.0943. The van der Waals surface area contributed by atoms with E-state index in [-0.39, 0.29) is 17.5 Å². The van der Waals surface area contributed by atoms with Crippen LogP contribution < -0.4 is 5.32 Å². The SMILES string of the molecule is Cc1cccc(C(C)C)c1NC(=O)c1cccc(C(=O)N2CCCCC2)n1. The van der Waals surface area contributed by atoms with Gasteiger partial charge in [0, 0.05) is 18.8 Å². The Balaban J connectivity index is 1.81. The highest BCUT2D eigenvalue weighted by Gasteiger charge is 2.21. The Morgan fingerprint density at radius 1 is 1.00 bits per heavy atom. The van der Waals surface area contributed by atoms with Crippen molar-refractivity contribution in [3.8, 4) is 0 Å². The molecule has 5 nitrogen and oxygen atoms in total. The van der Waals surface area contributed by atoms with Gasteiger partial charge in [-0.1, -0.05) is 38.1 Å². The number of piperidine rings is 1. The van der Waals surface area contributed by atoms with Gasteiger partial charge in [0.25, 0.3) is 11.8 Å². The number of pyridine rings is 1. The fourth-order valence-electron chi connectivity index (χ4n) is 3.46. The summed E-state index contributed by atoms with van der Waals surface area (Å²) in [5.41, 5.74) is 3.51. The van der Waals surface area contributed by atoms with Gasteiger partial charge < -0.3 is 10.2 Å². The molecule has 0 aliphatic carbocycles. The average molecular weight is 365 g/mol. The maximum absolute atomic E-state index is 12.8. The predicted octanol–water partition coefficient (Wildman–Crippen LogP) is 4.39. The molecule has 1 N–H and O–H groups in total. The Bertz CT molecular complexity index is 839. The molecule has 1 aliphatic heterocycles. The molecule has 2 aromatic rings. The summed E-state index contributed by atoms with van der Waals surface area (Å²) in [6, 6.07) is 11.1. The first-order valence-electron chi connectivity index (χ1n) is 9.64. The van der Waals surface area contributed by atoms with Crippen LogP contribution in [0.5, 0.6) is 0 Å². The Hall–Kier alpha value is -2.69. The normalized spacial score (nSPS) is 14.3. The van der Waals surface area contributed by atoms with Gasteiger partial charge in [0.1, 0.15) is 11.4 Å². The number of hydrogen-bond donors (Lipinski definition) is 1. The third kappa shape index (κ3) is 4.35. The average Bonchev–Trinajstić information content (AvgIpc) is 2.69. The zero-order chi connectivity index (χ0) is 19.4. The summed E-state index contributed by atoms with van der Waals surface area (Å²) < 4.78 is 0. The molecule has 2 amide bonds. The van der Waals surface area contributed by atoms with Gasteiger partial charge in [-0.2, -0.15) is 0 Å². The molecule has 1 aromatic carbocycles. The number of hydrogen-bond acceptors (Lipinski definition) is 3. The first-order chi connectivity index (χ1) is 13.0. The highest BCUT2D eigenvalue weighted by atomic mass is 16.2. The molecule has 1 aliphatic rings. The Morgan fingerprint density at radius 3 is 2.37 bits per heavy atom. The number of nitrogens with zero attached hydrogens (tertiary/aromatic N) is 2. The maximum Gasteiger partial charge on any atom is 0.274 e. The van der Waals surface area contributed by atoms with Crippen molar-refractivity contribution in [2.75, 3.05) is 18.4 Å². The number of carbonyl (C=O) groups is 2. The van der Waals surface area contributed by atoms with E-state index in [4.69, 9.17) is 0 Å². The summed E-state index contributed by atoms with van der Waals surface area (Å²) in [5.74, 6) is -0.0946. The van der Waals surface area contributed by atoms with Gasteiger partial charge in [-0.3, -0.25) is 9.59 Å². The van der Waals surface area contributed by atoms with Gasteiger partial charge in [0.15, 0.2) is 0 Å². The van der Waals surface area contributed by atoms with Crippen LogP contribution in [0.3, 0.4) is 0 Å². The molecule has 0 saturated carbocycles. The molecule has 0 radical (unpaired) electrons. The summed E-state index contributed by atoms with van der Waals surface area (Å²) in [6.07, 6.45) is 3.21. The summed E-state index contributed by atoms with van der Waals surface area (Å²) in [5, 5.41) is 3.00. The molecule has 27 heavy (non-hydrogen) atoms. The second kappa shape index (κ2) is 8.33. The first-order valence-corrected chi connectivity index (χ1v) is 9.64. The van der Waals surface area contributed by atoms with E-state index in [1.165, 1.54) is 0 Å². The maximum atomic E-state index is 12.8. The van der Waals surface area contributed by atoms with Gasteiger partial charge in [0.05, 0.1) is 0 Å². The molecular weight excluding hydrogens is 338 g/mol. The molecule has 1 fully saturated rings. The van der Waals surface area contributed by atoms with E-state index in [2.05, 4.69) is 24.1 Å². The molecule has 3 rings (SSSR count). The number of anilines is 1. The van der Waals surface area contributed by atoms with Gasteiger partial charge in [0.2, 0.25) is 0 Å². The van der Waals surface area contributed by atoms with Crippen LogP contribution in [0, 0.1) is 6.92 Å². The number of aromatic nitrogens is 1. The lowest BCUT2D eigenvalue weighted by Crippen LogP contribution is -2.36. The van der Waals surface area contributed by atoms with E-state index in [0.29, 0.717) is 11.6 Å². The molecule has 5 heteroatoms. The summed E-state index contributed by atoms with van der Waals surface area (Å²) in [4.78, 5) is 31.6. The second-order valence-electron chi connectivity index (χ2n) is 7.41.